The van der Waals surface area contributed by atoms with Gasteiger partial charge >= 0.3 is 0 Å². The minimum atomic E-state index is -0.668. The number of halogens is 1. The zero-order valence-electron chi connectivity index (χ0n) is 24.1. The first kappa shape index (κ1) is 29.1. The van der Waals surface area contributed by atoms with E-state index in [0.29, 0.717) is 41.4 Å². The van der Waals surface area contributed by atoms with Crippen LogP contribution in [0.4, 0.5) is 33.2 Å². The van der Waals surface area contributed by atoms with Crippen molar-refractivity contribution in [2.24, 2.45) is 0 Å². The fourth-order valence-corrected chi connectivity index (χ4v) is 5.47. The van der Waals surface area contributed by atoms with E-state index in [1.165, 1.54) is 19.2 Å². The highest BCUT2D eigenvalue weighted by Gasteiger charge is 2.26. The second-order valence-electron chi connectivity index (χ2n) is 10.3. The number of thiol groups is 1. The van der Waals surface area contributed by atoms with Crippen LogP contribution in [0.1, 0.15) is 27.9 Å². The number of aryl methyl sites for hydroxylation is 2. The number of amides is 2. The van der Waals surface area contributed by atoms with Crippen molar-refractivity contribution in [2.75, 3.05) is 56.9 Å². The summed E-state index contributed by atoms with van der Waals surface area (Å²) >= 11 is 4.54. The SMILES string of the molecule is CNC(=O)c1c(F)cccc1Nc1nc(Nc2cc3c(cc2OC)CCCN3C(=O)CN(C)C)nc2c1c(C)cn2S. The number of rotatable bonds is 8. The summed E-state index contributed by atoms with van der Waals surface area (Å²) in [6, 6.07) is 8.15. The minimum Gasteiger partial charge on any atom is -0.495 e. The summed E-state index contributed by atoms with van der Waals surface area (Å²) < 4.78 is 22.0. The van der Waals surface area contributed by atoms with Crippen LogP contribution in [0.3, 0.4) is 0 Å². The molecule has 4 aromatic rings. The van der Waals surface area contributed by atoms with E-state index in [1.807, 2.05) is 38.1 Å². The van der Waals surface area contributed by atoms with Crippen molar-refractivity contribution in [3.8, 4) is 5.75 Å². The Hall–Kier alpha value is -4.36. The monoisotopic (exact) mass is 592 g/mol. The molecule has 1 aliphatic rings. The van der Waals surface area contributed by atoms with Crippen LogP contribution in [0.2, 0.25) is 0 Å². The first-order valence-corrected chi connectivity index (χ1v) is 13.8. The van der Waals surface area contributed by atoms with Gasteiger partial charge in [-0.25, -0.2) is 4.39 Å². The molecule has 3 N–H and O–H groups in total. The Morgan fingerprint density at radius 2 is 1.95 bits per heavy atom. The number of likely N-dealkylation sites (N-methyl/N-ethyl adjacent to an activating group) is 1. The molecule has 0 radical (unpaired) electrons. The van der Waals surface area contributed by atoms with Crippen molar-refractivity contribution in [3.63, 3.8) is 0 Å². The summed E-state index contributed by atoms with van der Waals surface area (Å²) in [4.78, 5) is 38.6. The standard InChI is InChI=1S/C29H33FN8O3S/c1-16-14-38(42)27-24(16)26(32-19-10-6-9-18(30)25(19)28(40)31-2)34-29(35-27)33-20-13-21-17(12-22(20)41-5)8-7-11-37(21)23(39)15-36(3)4/h6,9-10,12-14,42H,7-8,11,15H2,1-5H3,(H,31,40)(H2,32,33,34,35). The van der Waals surface area contributed by atoms with E-state index in [-0.39, 0.29) is 23.1 Å². The van der Waals surface area contributed by atoms with Crippen molar-refractivity contribution < 1.29 is 18.7 Å². The highest BCUT2D eigenvalue weighted by Crippen LogP contribution is 2.39. The third kappa shape index (κ3) is 5.57. The number of methoxy groups -OCH3 is 1. The molecule has 0 unspecified atom stereocenters. The van der Waals surface area contributed by atoms with Gasteiger partial charge in [-0.05, 0) is 69.3 Å². The lowest BCUT2D eigenvalue weighted by Gasteiger charge is -2.31. The van der Waals surface area contributed by atoms with E-state index in [4.69, 9.17) is 14.7 Å². The Morgan fingerprint density at radius 3 is 2.67 bits per heavy atom. The van der Waals surface area contributed by atoms with Crippen LogP contribution in [0.5, 0.6) is 5.75 Å². The van der Waals surface area contributed by atoms with Crippen LogP contribution in [0.25, 0.3) is 11.0 Å². The Kier molecular flexibility index (Phi) is 8.23. The molecule has 3 heterocycles. The molecule has 220 valence electrons. The number of hydrogen-bond acceptors (Lipinski definition) is 9. The van der Waals surface area contributed by atoms with Crippen molar-refractivity contribution in [1.29, 1.82) is 0 Å². The van der Waals surface area contributed by atoms with Gasteiger partial charge in [0.05, 0.1) is 36.0 Å². The van der Waals surface area contributed by atoms with Gasteiger partial charge in [0.25, 0.3) is 5.91 Å². The number of carbonyl (C=O) groups is 2. The fraction of sp³-hybridized carbons (Fsp3) is 0.310. The largest absolute Gasteiger partial charge is 0.495 e. The molecular weight excluding hydrogens is 559 g/mol. The van der Waals surface area contributed by atoms with Crippen LogP contribution in [0.15, 0.2) is 36.5 Å². The predicted octanol–water partition coefficient (Wildman–Crippen LogP) is 4.27. The number of ether oxygens (including phenoxy) is 1. The van der Waals surface area contributed by atoms with Gasteiger partial charge < -0.3 is 30.5 Å². The molecule has 2 aromatic carbocycles. The highest BCUT2D eigenvalue weighted by atomic mass is 32.1. The van der Waals surface area contributed by atoms with Crippen molar-refractivity contribution in [3.05, 3.63) is 59.0 Å². The average Bonchev–Trinajstić information content (AvgIpc) is 3.24. The van der Waals surface area contributed by atoms with Crippen LogP contribution < -0.4 is 25.6 Å². The zero-order valence-corrected chi connectivity index (χ0v) is 25.0. The van der Waals surface area contributed by atoms with Gasteiger partial charge in [0, 0.05) is 25.5 Å². The molecule has 0 fully saturated rings. The summed E-state index contributed by atoms with van der Waals surface area (Å²) in [5.41, 5.74) is 3.82. The molecule has 2 aromatic heterocycles. The highest BCUT2D eigenvalue weighted by molar-refractivity contribution is 7.78. The van der Waals surface area contributed by atoms with Gasteiger partial charge in [-0.3, -0.25) is 13.6 Å². The van der Waals surface area contributed by atoms with Crippen LogP contribution in [-0.2, 0) is 11.2 Å². The lowest BCUT2D eigenvalue weighted by atomic mass is 10.00. The van der Waals surface area contributed by atoms with E-state index < -0.39 is 11.7 Å². The summed E-state index contributed by atoms with van der Waals surface area (Å²) in [5, 5.41) is 9.53. The topological polar surface area (TPSA) is 117 Å². The lowest BCUT2D eigenvalue weighted by Crippen LogP contribution is -2.40. The first-order chi connectivity index (χ1) is 20.1. The number of aromatic nitrogens is 3. The minimum absolute atomic E-state index is 0.00612. The zero-order chi connectivity index (χ0) is 30.1. The molecule has 11 nitrogen and oxygen atoms in total. The van der Waals surface area contributed by atoms with Crippen LogP contribution in [-0.4, -0.2) is 72.0 Å². The number of nitrogens with one attached hydrogen (secondary N) is 3. The second-order valence-corrected chi connectivity index (χ2v) is 10.7. The second kappa shape index (κ2) is 11.9. The Morgan fingerprint density at radius 1 is 1.17 bits per heavy atom. The molecule has 13 heteroatoms. The van der Waals surface area contributed by atoms with Crippen molar-refractivity contribution in [2.45, 2.75) is 19.8 Å². The maximum Gasteiger partial charge on any atom is 0.256 e. The van der Waals surface area contributed by atoms with E-state index in [9.17, 15) is 14.0 Å². The lowest BCUT2D eigenvalue weighted by molar-refractivity contribution is -0.119. The number of anilines is 5. The fourth-order valence-electron chi connectivity index (χ4n) is 5.16. The molecule has 0 saturated heterocycles. The normalized spacial score (nSPS) is 12.8. The van der Waals surface area contributed by atoms with Crippen molar-refractivity contribution in [1.82, 2.24) is 24.2 Å². The molecule has 0 spiro atoms. The molecule has 1 aliphatic heterocycles. The molecule has 0 bridgehead atoms. The Labute approximate surface area is 248 Å². The predicted molar refractivity (Wildman–Crippen MR) is 165 cm³/mol. The number of carbonyl (C=O) groups excluding carboxylic acids is 2. The van der Waals surface area contributed by atoms with Gasteiger partial charge in [0.1, 0.15) is 17.4 Å². The molecular formula is C29H33FN8O3S. The Bertz CT molecular complexity index is 1690. The third-order valence-electron chi connectivity index (χ3n) is 7.06. The molecule has 0 saturated carbocycles. The van der Waals surface area contributed by atoms with E-state index in [1.54, 1.807) is 28.2 Å². The first-order valence-electron chi connectivity index (χ1n) is 13.4. The number of benzene rings is 2. The average molecular weight is 593 g/mol. The van der Waals surface area contributed by atoms with E-state index >= 15 is 0 Å². The maximum atomic E-state index is 14.7. The van der Waals surface area contributed by atoms with Crippen molar-refractivity contribution >= 4 is 64.5 Å². The molecule has 42 heavy (non-hydrogen) atoms. The van der Waals surface area contributed by atoms with Crippen LogP contribution >= 0.6 is 12.8 Å². The van der Waals surface area contributed by atoms with Gasteiger partial charge in [0.2, 0.25) is 11.9 Å². The summed E-state index contributed by atoms with van der Waals surface area (Å²) in [7, 11) is 6.75. The van der Waals surface area contributed by atoms with E-state index in [0.717, 1.165) is 29.7 Å². The van der Waals surface area contributed by atoms with Gasteiger partial charge in [-0.1, -0.05) is 18.9 Å². The van der Waals surface area contributed by atoms with Crippen LogP contribution in [0, 0.1) is 12.7 Å². The summed E-state index contributed by atoms with van der Waals surface area (Å²) in [6.07, 6.45) is 3.46. The van der Waals surface area contributed by atoms with Gasteiger partial charge in [0.15, 0.2) is 5.65 Å². The maximum absolute atomic E-state index is 14.7. The molecule has 0 atom stereocenters. The smallest absolute Gasteiger partial charge is 0.256 e. The number of fused-ring (bicyclic) bond motifs is 2. The van der Waals surface area contributed by atoms with Gasteiger partial charge in [-0.15, -0.1) is 0 Å². The van der Waals surface area contributed by atoms with E-state index in [2.05, 4.69) is 28.8 Å². The number of hydrogen-bond donors (Lipinski definition) is 4. The molecule has 0 aliphatic carbocycles. The molecule has 2 amide bonds. The number of nitrogens with zero attached hydrogens (tertiary/aromatic N) is 5. The van der Waals surface area contributed by atoms with Gasteiger partial charge in [-0.2, -0.15) is 9.97 Å². The quantitative estimate of drug-likeness (QED) is 0.224. The molecule has 5 rings (SSSR count). The summed E-state index contributed by atoms with van der Waals surface area (Å²) in [6.45, 7) is 2.79. The summed E-state index contributed by atoms with van der Waals surface area (Å²) in [5.74, 6) is -0.113. The Balaban J connectivity index is 1.59. The third-order valence-corrected chi connectivity index (χ3v) is 7.36.